The Kier molecular flexibility index (Phi) is 6.45. The maximum atomic E-state index is 3.47. The van der Waals surface area contributed by atoms with Gasteiger partial charge in [-0.25, -0.2) is 0 Å². The largest absolute Gasteiger partial charge is 0.315 e. The number of hydrogen-bond donors (Lipinski definition) is 1. The van der Waals surface area contributed by atoms with E-state index in [1.54, 1.807) is 0 Å². The van der Waals surface area contributed by atoms with Crippen LogP contribution in [0.5, 0.6) is 0 Å². The summed E-state index contributed by atoms with van der Waals surface area (Å²) in [6.07, 6.45) is 2.57. The number of nitrogens with one attached hydrogen (secondary N) is 1. The molecule has 0 amide bonds. The highest BCUT2D eigenvalue weighted by molar-refractivity contribution is 4.82. The van der Waals surface area contributed by atoms with Crippen LogP contribution in [0.2, 0.25) is 0 Å². The van der Waals surface area contributed by atoms with Gasteiger partial charge in [0.1, 0.15) is 0 Å². The molecule has 2 unspecified atom stereocenters. The monoisotopic (exact) mass is 241 g/mol. The average molecular weight is 241 g/mol. The number of hydrogen-bond acceptors (Lipinski definition) is 3. The molecule has 1 aliphatic heterocycles. The smallest absolute Gasteiger partial charge is 0.0221 e. The summed E-state index contributed by atoms with van der Waals surface area (Å²) >= 11 is 0. The zero-order valence-corrected chi connectivity index (χ0v) is 12.4. The SMILES string of the molecule is CCC1CN(C)CCCN1CC(NC)C(C)C. The van der Waals surface area contributed by atoms with Gasteiger partial charge in [-0.05, 0) is 45.9 Å². The van der Waals surface area contributed by atoms with Crippen LogP contribution >= 0.6 is 0 Å². The standard InChI is InChI=1S/C14H31N3/c1-6-13-10-16(5)8-7-9-17(13)11-14(15-4)12(2)3/h12-15H,6-11H2,1-5H3. The van der Waals surface area contributed by atoms with Crippen LogP contribution in [-0.4, -0.2) is 62.2 Å². The van der Waals surface area contributed by atoms with E-state index in [1.165, 1.54) is 39.0 Å². The van der Waals surface area contributed by atoms with Crippen molar-refractivity contribution in [3.63, 3.8) is 0 Å². The van der Waals surface area contributed by atoms with Crippen LogP contribution in [0.15, 0.2) is 0 Å². The first-order chi connectivity index (χ1) is 8.08. The molecule has 1 aliphatic rings. The lowest BCUT2D eigenvalue weighted by Crippen LogP contribution is -2.48. The molecule has 0 aromatic carbocycles. The van der Waals surface area contributed by atoms with Crippen molar-refractivity contribution < 1.29 is 0 Å². The molecular weight excluding hydrogens is 210 g/mol. The van der Waals surface area contributed by atoms with Crippen LogP contribution < -0.4 is 5.32 Å². The van der Waals surface area contributed by atoms with Gasteiger partial charge < -0.3 is 10.2 Å². The Hall–Kier alpha value is -0.120. The summed E-state index contributed by atoms with van der Waals surface area (Å²) in [6, 6.07) is 1.35. The minimum Gasteiger partial charge on any atom is -0.315 e. The predicted octanol–water partition coefficient (Wildman–Crippen LogP) is 1.65. The summed E-state index contributed by atoms with van der Waals surface area (Å²) in [5.74, 6) is 0.707. The van der Waals surface area contributed by atoms with Gasteiger partial charge in [-0.2, -0.15) is 0 Å². The highest BCUT2D eigenvalue weighted by Gasteiger charge is 2.24. The minimum atomic E-state index is 0.618. The fourth-order valence-electron chi connectivity index (χ4n) is 2.81. The Labute approximate surface area is 108 Å². The molecule has 1 N–H and O–H groups in total. The number of nitrogens with zero attached hydrogens (tertiary/aromatic N) is 2. The van der Waals surface area contributed by atoms with E-state index in [2.05, 4.69) is 50.0 Å². The van der Waals surface area contributed by atoms with Crippen molar-refractivity contribution in [1.82, 2.24) is 15.1 Å². The second kappa shape index (κ2) is 7.34. The molecule has 1 rings (SSSR count). The van der Waals surface area contributed by atoms with Gasteiger partial charge in [0, 0.05) is 25.2 Å². The van der Waals surface area contributed by atoms with Crippen LogP contribution in [0.25, 0.3) is 0 Å². The maximum absolute atomic E-state index is 3.47. The van der Waals surface area contributed by atoms with Crippen molar-refractivity contribution in [2.24, 2.45) is 5.92 Å². The quantitative estimate of drug-likeness (QED) is 0.789. The number of rotatable bonds is 5. The summed E-state index contributed by atoms with van der Waals surface area (Å²) in [4.78, 5) is 5.18. The molecule has 17 heavy (non-hydrogen) atoms. The molecule has 102 valence electrons. The maximum Gasteiger partial charge on any atom is 0.0221 e. The molecule has 0 radical (unpaired) electrons. The van der Waals surface area contributed by atoms with E-state index in [0.29, 0.717) is 12.0 Å². The van der Waals surface area contributed by atoms with Gasteiger partial charge in [-0.3, -0.25) is 4.90 Å². The number of likely N-dealkylation sites (N-methyl/N-ethyl adjacent to an activating group) is 2. The van der Waals surface area contributed by atoms with Crippen molar-refractivity contribution in [2.75, 3.05) is 40.3 Å². The van der Waals surface area contributed by atoms with E-state index in [-0.39, 0.29) is 0 Å². The molecule has 0 aliphatic carbocycles. The Morgan fingerprint density at radius 3 is 2.53 bits per heavy atom. The second-order valence-electron chi connectivity index (χ2n) is 5.81. The lowest BCUT2D eigenvalue weighted by Gasteiger charge is -2.34. The van der Waals surface area contributed by atoms with Crippen LogP contribution in [0.1, 0.15) is 33.6 Å². The van der Waals surface area contributed by atoms with Crippen LogP contribution in [-0.2, 0) is 0 Å². The van der Waals surface area contributed by atoms with E-state index in [9.17, 15) is 0 Å². The first kappa shape index (κ1) is 14.9. The van der Waals surface area contributed by atoms with Gasteiger partial charge in [0.05, 0.1) is 0 Å². The van der Waals surface area contributed by atoms with E-state index in [1.807, 2.05) is 0 Å². The molecule has 0 aromatic heterocycles. The molecule has 3 heteroatoms. The van der Waals surface area contributed by atoms with Gasteiger partial charge in [0.2, 0.25) is 0 Å². The highest BCUT2D eigenvalue weighted by Crippen LogP contribution is 2.14. The van der Waals surface area contributed by atoms with Crippen molar-refractivity contribution in [3.8, 4) is 0 Å². The topological polar surface area (TPSA) is 18.5 Å². The zero-order valence-electron chi connectivity index (χ0n) is 12.4. The average Bonchev–Trinajstić information content (AvgIpc) is 2.47. The van der Waals surface area contributed by atoms with E-state index in [0.717, 1.165) is 6.04 Å². The molecule has 1 heterocycles. The lowest BCUT2D eigenvalue weighted by atomic mass is 10.0. The first-order valence-corrected chi connectivity index (χ1v) is 7.18. The van der Waals surface area contributed by atoms with Gasteiger partial charge in [-0.15, -0.1) is 0 Å². The highest BCUT2D eigenvalue weighted by atomic mass is 15.2. The minimum absolute atomic E-state index is 0.618. The summed E-state index contributed by atoms with van der Waals surface area (Å²) in [5.41, 5.74) is 0. The Morgan fingerprint density at radius 1 is 1.29 bits per heavy atom. The first-order valence-electron chi connectivity index (χ1n) is 7.18. The molecule has 0 spiro atoms. The Morgan fingerprint density at radius 2 is 2.00 bits per heavy atom. The molecule has 2 atom stereocenters. The van der Waals surface area contributed by atoms with Crippen LogP contribution in [0.4, 0.5) is 0 Å². The fourth-order valence-corrected chi connectivity index (χ4v) is 2.81. The lowest BCUT2D eigenvalue weighted by molar-refractivity contribution is 0.156. The van der Waals surface area contributed by atoms with E-state index >= 15 is 0 Å². The molecular formula is C14H31N3. The third-order valence-electron chi connectivity index (χ3n) is 4.10. The molecule has 1 saturated heterocycles. The summed E-state index contributed by atoms with van der Waals surface area (Å²) in [6.45, 7) is 11.9. The Bertz CT molecular complexity index is 206. The molecule has 1 fully saturated rings. The van der Waals surface area contributed by atoms with Gasteiger partial charge in [-0.1, -0.05) is 20.8 Å². The third kappa shape index (κ3) is 4.57. The van der Waals surface area contributed by atoms with Crippen LogP contribution in [0, 0.1) is 5.92 Å². The van der Waals surface area contributed by atoms with Gasteiger partial charge >= 0.3 is 0 Å². The summed E-state index contributed by atoms with van der Waals surface area (Å²) < 4.78 is 0. The van der Waals surface area contributed by atoms with Crippen LogP contribution in [0.3, 0.4) is 0 Å². The van der Waals surface area contributed by atoms with Gasteiger partial charge in [0.15, 0.2) is 0 Å². The van der Waals surface area contributed by atoms with Crippen molar-refractivity contribution in [2.45, 2.75) is 45.7 Å². The predicted molar refractivity (Wildman–Crippen MR) is 75.5 cm³/mol. The molecule has 3 nitrogen and oxygen atoms in total. The Balaban J connectivity index is 2.59. The molecule has 0 saturated carbocycles. The van der Waals surface area contributed by atoms with Crippen molar-refractivity contribution in [3.05, 3.63) is 0 Å². The van der Waals surface area contributed by atoms with E-state index < -0.39 is 0 Å². The normalized spacial score (nSPS) is 26.1. The third-order valence-corrected chi connectivity index (χ3v) is 4.10. The van der Waals surface area contributed by atoms with Crippen molar-refractivity contribution in [1.29, 1.82) is 0 Å². The summed E-state index contributed by atoms with van der Waals surface area (Å²) in [7, 11) is 4.35. The molecule has 0 bridgehead atoms. The summed E-state index contributed by atoms with van der Waals surface area (Å²) in [5, 5.41) is 3.47. The molecule has 0 aromatic rings. The fraction of sp³-hybridized carbons (Fsp3) is 1.00. The van der Waals surface area contributed by atoms with E-state index in [4.69, 9.17) is 0 Å². The van der Waals surface area contributed by atoms with Gasteiger partial charge in [0.25, 0.3) is 0 Å². The second-order valence-corrected chi connectivity index (χ2v) is 5.81. The van der Waals surface area contributed by atoms with Crippen molar-refractivity contribution >= 4 is 0 Å². The zero-order chi connectivity index (χ0) is 12.8.